The Balaban J connectivity index is 1.28. The summed E-state index contributed by atoms with van der Waals surface area (Å²) in [5.41, 5.74) is 6.49. The molecule has 0 atom stereocenters. The lowest BCUT2D eigenvalue weighted by Gasteiger charge is -2.53. The molecule has 8 heteroatoms. The van der Waals surface area contributed by atoms with Gasteiger partial charge in [0.25, 0.3) is 11.8 Å². The second-order valence-electron chi connectivity index (χ2n) is 11.0. The Bertz CT molecular complexity index is 1400. The van der Waals surface area contributed by atoms with Crippen LogP contribution in [0.2, 0.25) is 0 Å². The maximum absolute atomic E-state index is 13.2. The molecule has 2 heterocycles. The van der Waals surface area contributed by atoms with Gasteiger partial charge in [-0.3, -0.25) is 19.3 Å². The number of benzene rings is 2. The third kappa shape index (κ3) is 5.21. The van der Waals surface area contributed by atoms with Gasteiger partial charge in [0.2, 0.25) is 5.91 Å². The van der Waals surface area contributed by atoms with Crippen LogP contribution in [0.4, 0.5) is 5.69 Å². The molecule has 0 radical (unpaired) electrons. The molecule has 1 aromatic heterocycles. The van der Waals surface area contributed by atoms with Gasteiger partial charge in [0.05, 0.1) is 5.54 Å². The van der Waals surface area contributed by atoms with E-state index in [-0.39, 0.29) is 23.3 Å². The van der Waals surface area contributed by atoms with Gasteiger partial charge in [-0.05, 0) is 73.2 Å². The molecule has 204 valence electrons. The van der Waals surface area contributed by atoms with E-state index in [1.54, 1.807) is 19.0 Å². The van der Waals surface area contributed by atoms with Crippen LogP contribution in [-0.2, 0) is 30.0 Å². The number of aryl methyl sites for hydroxylation is 1. The average Bonchev–Trinajstić information content (AvgIpc) is 3.32. The Kier molecular flexibility index (Phi) is 7.32. The number of nitrogens with one attached hydrogen (secondary N) is 2. The molecule has 3 amide bonds. The number of aromatic nitrogens is 1. The zero-order chi connectivity index (χ0) is 27.7. The van der Waals surface area contributed by atoms with Crippen molar-refractivity contribution in [3.8, 4) is 0 Å². The molecule has 3 aromatic rings. The van der Waals surface area contributed by atoms with Gasteiger partial charge in [-0.25, -0.2) is 0 Å². The molecule has 1 fully saturated rings. The molecule has 8 nitrogen and oxygen atoms in total. The highest BCUT2D eigenvalue weighted by Crippen LogP contribution is 2.49. The van der Waals surface area contributed by atoms with Gasteiger partial charge in [0.1, 0.15) is 5.69 Å². The highest BCUT2D eigenvalue weighted by molar-refractivity contribution is 5.94. The summed E-state index contributed by atoms with van der Waals surface area (Å²) in [5, 5.41) is 5.91. The lowest BCUT2D eigenvalue weighted by molar-refractivity contribution is -0.114. The number of carbonyl (C=O) groups excluding carboxylic acids is 3. The second-order valence-corrected chi connectivity index (χ2v) is 11.0. The number of hydrogen-bond acceptors (Lipinski definition) is 4. The number of hydrogen-bond donors (Lipinski definition) is 2. The standard InChI is InChI=1S/C31H37N5O3/c1-21-18-24(8-11-26(21)33-22(2)37)19-32-29(38)27-12-13-28-31(14-5-15-31)35(16-17-36(27)28)20-23-6-9-25(10-7-23)30(39)34(3)4/h6-13,18H,5,14-17,19-20H2,1-4H3,(H,32,38)(H,33,37). The van der Waals surface area contributed by atoms with Crippen LogP contribution in [0.15, 0.2) is 54.6 Å². The van der Waals surface area contributed by atoms with Crippen molar-refractivity contribution in [2.75, 3.05) is 26.0 Å². The van der Waals surface area contributed by atoms with Crippen LogP contribution in [0.3, 0.4) is 0 Å². The zero-order valence-corrected chi connectivity index (χ0v) is 23.2. The SMILES string of the molecule is CC(=O)Nc1ccc(CNC(=O)c2ccc3n2CCN(Cc2ccc(C(=O)N(C)C)cc2)C32CCC2)cc1C. The largest absolute Gasteiger partial charge is 0.347 e. The van der Waals surface area contributed by atoms with Crippen molar-refractivity contribution in [1.29, 1.82) is 0 Å². The molecular weight excluding hydrogens is 490 g/mol. The van der Waals surface area contributed by atoms with E-state index in [1.807, 2.05) is 43.3 Å². The number of nitrogens with zero attached hydrogens (tertiary/aromatic N) is 3. The molecule has 1 aliphatic heterocycles. The fourth-order valence-electron chi connectivity index (χ4n) is 5.89. The highest BCUT2D eigenvalue weighted by atomic mass is 16.2. The number of carbonyl (C=O) groups is 3. The van der Waals surface area contributed by atoms with Crippen LogP contribution < -0.4 is 10.6 Å². The van der Waals surface area contributed by atoms with Crippen LogP contribution in [0, 0.1) is 6.92 Å². The summed E-state index contributed by atoms with van der Waals surface area (Å²) < 4.78 is 2.20. The number of fused-ring (bicyclic) bond motifs is 2. The molecule has 39 heavy (non-hydrogen) atoms. The van der Waals surface area contributed by atoms with E-state index < -0.39 is 0 Å². The average molecular weight is 528 g/mol. The van der Waals surface area contributed by atoms with Crippen molar-refractivity contribution < 1.29 is 14.4 Å². The van der Waals surface area contributed by atoms with Crippen LogP contribution in [0.5, 0.6) is 0 Å². The quantitative estimate of drug-likeness (QED) is 0.480. The van der Waals surface area contributed by atoms with Gasteiger partial charge in [-0.1, -0.05) is 24.3 Å². The number of amides is 3. The highest BCUT2D eigenvalue weighted by Gasteiger charge is 2.48. The summed E-state index contributed by atoms with van der Waals surface area (Å²) in [7, 11) is 3.53. The second kappa shape index (κ2) is 10.7. The van der Waals surface area contributed by atoms with Crippen molar-refractivity contribution in [3.05, 3.63) is 88.2 Å². The van der Waals surface area contributed by atoms with Crippen molar-refractivity contribution in [1.82, 2.24) is 19.7 Å². The summed E-state index contributed by atoms with van der Waals surface area (Å²) in [5.74, 6) is -0.168. The molecular formula is C31H37N5O3. The number of rotatable bonds is 7. The lowest BCUT2D eigenvalue weighted by atomic mass is 9.71. The summed E-state index contributed by atoms with van der Waals surface area (Å²) >= 11 is 0. The van der Waals surface area contributed by atoms with E-state index >= 15 is 0 Å². The lowest BCUT2D eigenvalue weighted by Crippen LogP contribution is -2.56. The summed E-state index contributed by atoms with van der Waals surface area (Å²) in [6.45, 7) is 6.30. The molecule has 5 rings (SSSR count). The Morgan fingerprint density at radius 1 is 0.949 bits per heavy atom. The van der Waals surface area contributed by atoms with Crippen LogP contribution in [0.25, 0.3) is 0 Å². The van der Waals surface area contributed by atoms with Crippen LogP contribution >= 0.6 is 0 Å². The van der Waals surface area contributed by atoms with Crippen molar-refractivity contribution in [2.24, 2.45) is 0 Å². The molecule has 0 unspecified atom stereocenters. The molecule has 2 aliphatic rings. The Morgan fingerprint density at radius 2 is 1.67 bits per heavy atom. The fourth-order valence-corrected chi connectivity index (χ4v) is 5.89. The van der Waals surface area contributed by atoms with E-state index in [2.05, 4.69) is 38.3 Å². The van der Waals surface area contributed by atoms with Crippen molar-refractivity contribution in [2.45, 2.75) is 58.3 Å². The maximum atomic E-state index is 13.2. The number of anilines is 1. The molecule has 1 spiro atoms. The first-order valence-electron chi connectivity index (χ1n) is 13.6. The minimum atomic E-state index is -0.102. The Hall–Kier alpha value is -3.91. The van der Waals surface area contributed by atoms with Gasteiger partial charge in [-0.15, -0.1) is 0 Å². The minimum absolute atomic E-state index is 0.00996. The third-order valence-corrected chi connectivity index (χ3v) is 8.10. The van der Waals surface area contributed by atoms with E-state index in [9.17, 15) is 14.4 Å². The fraction of sp³-hybridized carbons (Fsp3) is 0.387. The van der Waals surface area contributed by atoms with Crippen LogP contribution in [-0.4, -0.2) is 52.7 Å². The maximum Gasteiger partial charge on any atom is 0.268 e. The van der Waals surface area contributed by atoms with E-state index in [0.717, 1.165) is 49.3 Å². The Morgan fingerprint density at radius 3 is 2.28 bits per heavy atom. The predicted molar refractivity (Wildman–Crippen MR) is 151 cm³/mol. The molecule has 2 aromatic carbocycles. The first kappa shape index (κ1) is 26.7. The van der Waals surface area contributed by atoms with Gasteiger partial charge in [0, 0.05) is 64.1 Å². The molecule has 0 bridgehead atoms. The monoisotopic (exact) mass is 527 g/mol. The third-order valence-electron chi connectivity index (χ3n) is 8.10. The van der Waals surface area contributed by atoms with Crippen molar-refractivity contribution >= 4 is 23.4 Å². The van der Waals surface area contributed by atoms with E-state index in [4.69, 9.17) is 0 Å². The van der Waals surface area contributed by atoms with E-state index in [0.29, 0.717) is 17.8 Å². The van der Waals surface area contributed by atoms with E-state index in [1.165, 1.54) is 24.6 Å². The summed E-state index contributed by atoms with van der Waals surface area (Å²) in [6, 6.07) is 17.8. The minimum Gasteiger partial charge on any atom is -0.347 e. The van der Waals surface area contributed by atoms with Gasteiger partial charge in [0.15, 0.2) is 0 Å². The normalized spacial score (nSPS) is 15.8. The molecule has 2 N–H and O–H groups in total. The molecule has 1 aliphatic carbocycles. The molecule has 1 saturated carbocycles. The summed E-state index contributed by atoms with van der Waals surface area (Å²) in [6.07, 6.45) is 3.33. The predicted octanol–water partition coefficient (Wildman–Crippen LogP) is 4.28. The topological polar surface area (TPSA) is 86.7 Å². The zero-order valence-electron chi connectivity index (χ0n) is 23.2. The van der Waals surface area contributed by atoms with Gasteiger partial charge in [-0.2, -0.15) is 0 Å². The van der Waals surface area contributed by atoms with Crippen molar-refractivity contribution in [3.63, 3.8) is 0 Å². The van der Waals surface area contributed by atoms with Gasteiger partial charge < -0.3 is 20.1 Å². The van der Waals surface area contributed by atoms with Gasteiger partial charge >= 0.3 is 0 Å². The van der Waals surface area contributed by atoms with Crippen LogP contribution in [0.1, 0.15) is 69.4 Å². The summed E-state index contributed by atoms with van der Waals surface area (Å²) in [4.78, 5) is 41.0. The Labute approximate surface area is 230 Å². The molecule has 0 saturated heterocycles. The first-order valence-corrected chi connectivity index (χ1v) is 13.6. The first-order chi connectivity index (χ1) is 18.7. The smallest absolute Gasteiger partial charge is 0.268 e.